The molecule has 20 heavy (non-hydrogen) atoms. The van der Waals surface area contributed by atoms with Gasteiger partial charge in [0.1, 0.15) is 5.82 Å². The number of aromatic nitrogens is 1. The second kappa shape index (κ2) is 6.81. The van der Waals surface area contributed by atoms with Crippen LogP contribution in [0.2, 0.25) is 0 Å². The van der Waals surface area contributed by atoms with Crippen LogP contribution in [-0.4, -0.2) is 29.3 Å². The number of aliphatic hydroxyl groups excluding tert-OH is 1. The number of nitrogens with one attached hydrogen (secondary N) is 1. The number of pyridine rings is 1. The molecule has 0 amide bonds. The molecule has 5 heteroatoms. The zero-order valence-corrected chi connectivity index (χ0v) is 11.9. The average Bonchev–Trinajstić information content (AvgIpc) is 2.95. The van der Waals surface area contributed by atoms with Crippen molar-refractivity contribution in [3.63, 3.8) is 0 Å². The summed E-state index contributed by atoms with van der Waals surface area (Å²) in [5.74, 6) is -0.0570. The van der Waals surface area contributed by atoms with Crippen LogP contribution in [0.5, 0.6) is 0 Å². The molecule has 0 spiro atoms. The first-order chi connectivity index (χ1) is 9.61. The normalized spacial score (nSPS) is 16.1. The lowest BCUT2D eigenvalue weighted by Gasteiger charge is -2.20. The molecule has 1 atom stereocenters. The van der Waals surface area contributed by atoms with Crippen molar-refractivity contribution < 1.29 is 14.2 Å². The topological polar surface area (TPSA) is 54.4 Å². The molecule has 0 unspecified atom stereocenters. The smallest absolute Gasteiger partial charge is 0.146 e. The van der Waals surface area contributed by atoms with Crippen molar-refractivity contribution in [2.45, 2.75) is 32.9 Å². The molecule has 2 N–H and O–H groups in total. The van der Waals surface area contributed by atoms with Crippen LogP contribution in [0, 0.1) is 11.7 Å². The van der Waals surface area contributed by atoms with E-state index in [-0.39, 0.29) is 24.4 Å². The molecular formula is C15H21FN2O2. The summed E-state index contributed by atoms with van der Waals surface area (Å²) < 4.78 is 19.0. The number of hydrogen-bond acceptors (Lipinski definition) is 4. The summed E-state index contributed by atoms with van der Waals surface area (Å²) in [4.78, 5) is 4.35. The van der Waals surface area contributed by atoms with Crippen molar-refractivity contribution in [2.24, 2.45) is 5.92 Å². The summed E-state index contributed by atoms with van der Waals surface area (Å²) in [5.41, 5.74) is 2.12. The predicted molar refractivity (Wildman–Crippen MR) is 75.3 cm³/mol. The minimum Gasteiger partial charge on any atom is -0.500 e. The zero-order valence-electron chi connectivity index (χ0n) is 11.9. The van der Waals surface area contributed by atoms with Gasteiger partial charge in [-0.2, -0.15) is 0 Å². The van der Waals surface area contributed by atoms with Crippen LogP contribution in [0.15, 0.2) is 18.4 Å². The van der Waals surface area contributed by atoms with E-state index in [1.54, 1.807) is 12.3 Å². The summed E-state index contributed by atoms with van der Waals surface area (Å²) in [6.45, 7) is 5.00. The van der Waals surface area contributed by atoms with Crippen molar-refractivity contribution in [2.75, 3.05) is 13.2 Å². The van der Waals surface area contributed by atoms with Crippen LogP contribution >= 0.6 is 0 Å². The van der Waals surface area contributed by atoms with Crippen molar-refractivity contribution in [1.29, 1.82) is 0 Å². The molecule has 0 saturated carbocycles. The Hall–Kier alpha value is -1.46. The predicted octanol–water partition coefficient (Wildman–Crippen LogP) is 2.09. The van der Waals surface area contributed by atoms with Crippen LogP contribution in [0.25, 0.3) is 5.57 Å². The highest BCUT2D eigenvalue weighted by molar-refractivity contribution is 5.62. The first kappa shape index (κ1) is 14.9. The van der Waals surface area contributed by atoms with Gasteiger partial charge in [0, 0.05) is 24.6 Å². The molecule has 0 aromatic carbocycles. The van der Waals surface area contributed by atoms with E-state index in [4.69, 9.17) is 4.74 Å². The van der Waals surface area contributed by atoms with Gasteiger partial charge >= 0.3 is 0 Å². The van der Waals surface area contributed by atoms with Gasteiger partial charge in [-0.15, -0.1) is 0 Å². The van der Waals surface area contributed by atoms with Crippen molar-refractivity contribution in [3.8, 4) is 0 Å². The Morgan fingerprint density at radius 2 is 2.25 bits per heavy atom. The first-order valence-electron chi connectivity index (χ1n) is 6.92. The molecule has 4 nitrogen and oxygen atoms in total. The second-order valence-corrected chi connectivity index (χ2v) is 5.30. The Kier molecular flexibility index (Phi) is 5.09. The number of nitrogens with zero attached hydrogens (tertiary/aromatic N) is 1. The Labute approximate surface area is 118 Å². The van der Waals surface area contributed by atoms with Gasteiger partial charge in [-0.05, 0) is 18.1 Å². The lowest BCUT2D eigenvalue weighted by molar-refractivity contribution is 0.209. The van der Waals surface area contributed by atoms with Gasteiger partial charge in [-0.25, -0.2) is 9.37 Å². The molecule has 1 aliphatic heterocycles. The molecule has 2 rings (SSSR count). The van der Waals surface area contributed by atoms with Crippen LogP contribution < -0.4 is 5.32 Å². The van der Waals surface area contributed by atoms with Crippen LogP contribution in [-0.2, 0) is 11.3 Å². The van der Waals surface area contributed by atoms with Gasteiger partial charge in [0.2, 0.25) is 0 Å². The molecule has 0 bridgehead atoms. The van der Waals surface area contributed by atoms with Gasteiger partial charge in [-0.3, -0.25) is 0 Å². The molecule has 1 aromatic rings. The minimum atomic E-state index is -0.332. The summed E-state index contributed by atoms with van der Waals surface area (Å²) >= 11 is 0. The molecule has 110 valence electrons. The van der Waals surface area contributed by atoms with Crippen LogP contribution in [0.1, 0.15) is 31.7 Å². The van der Waals surface area contributed by atoms with Gasteiger partial charge < -0.3 is 15.2 Å². The van der Waals surface area contributed by atoms with E-state index in [0.29, 0.717) is 18.8 Å². The fourth-order valence-electron chi connectivity index (χ4n) is 2.10. The van der Waals surface area contributed by atoms with E-state index in [1.165, 1.54) is 6.07 Å². The maximum Gasteiger partial charge on any atom is 0.146 e. The average molecular weight is 280 g/mol. The van der Waals surface area contributed by atoms with Crippen molar-refractivity contribution in [1.82, 2.24) is 10.3 Å². The molecule has 0 aliphatic carbocycles. The van der Waals surface area contributed by atoms with E-state index in [0.717, 1.165) is 17.7 Å². The molecular weight excluding hydrogens is 259 g/mol. The highest BCUT2D eigenvalue weighted by Gasteiger charge is 2.15. The van der Waals surface area contributed by atoms with Gasteiger partial charge in [-0.1, -0.05) is 13.8 Å². The molecule has 0 saturated heterocycles. The molecule has 2 heterocycles. The highest BCUT2D eigenvalue weighted by atomic mass is 19.1. The molecule has 0 radical (unpaired) electrons. The summed E-state index contributed by atoms with van der Waals surface area (Å²) in [6.07, 6.45) is 2.48. The van der Waals surface area contributed by atoms with Gasteiger partial charge in [0.05, 0.1) is 30.9 Å². The Balaban J connectivity index is 2.08. The van der Waals surface area contributed by atoms with E-state index in [1.807, 2.05) is 13.8 Å². The molecule has 0 fully saturated rings. The minimum absolute atomic E-state index is 0.0258. The Morgan fingerprint density at radius 1 is 1.45 bits per heavy atom. The van der Waals surface area contributed by atoms with E-state index in [9.17, 15) is 9.50 Å². The molecule has 1 aromatic heterocycles. The number of ether oxygens (including phenoxy) is 1. The third kappa shape index (κ3) is 3.55. The lowest BCUT2D eigenvalue weighted by Crippen LogP contribution is -2.37. The van der Waals surface area contributed by atoms with Crippen molar-refractivity contribution in [3.05, 3.63) is 35.6 Å². The maximum atomic E-state index is 13.8. The zero-order chi connectivity index (χ0) is 14.5. The van der Waals surface area contributed by atoms with Gasteiger partial charge in [0.15, 0.2) is 0 Å². The fourth-order valence-corrected chi connectivity index (χ4v) is 2.10. The number of halogens is 1. The number of rotatable bonds is 6. The van der Waals surface area contributed by atoms with E-state index >= 15 is 0 Å². The number of aliphatic hydroxyl groups is 1. The number of hydrogen-bond donors (Lipinski definition) is 2. The largest absolute Gasteiger partial charge is 0.500 e. The Morgan fingerprint density at radius 3 is 2.85 bits per heavy atom. The highest BCUT2D eigenvalue weighted by Crippen LogP contribution is 2.22. The quantitative estimate of drug-likeness (QED) is 0.838. The summed E-state index contributed by atoms with van der Waals surface area (Å²) in [7, 11) is 0. The van der Waals surface area contributed by atoms with Crippen molar-refractivity contribution >= 4 is 5.57 Å². The SMILES string of the molecule is CC(C)[C@H](CO)NCc1nc(C2=COCC2)ccc1F. The fraction of sp³-hybridized carbons (Fsp3) is 0.533. The van der Waals surface area contributed by atoms with Crippen LogP contribution in [0.3, 0.4) is 0 Å². The summed E-state index contributed by atoms with van der Waals surface area (Å²) in [5, 5.41) is 12.4. The van der Waals surface area contributed by atoms with E-state index in [2.05, 4.69) is 10.3 Å². The third-order valence-corrected chi connectivity index (χ3v) is 3.50. The van der Waals surface area contributed by atoms with Gasteiger partial charge in [0.25, 0.3) is 0 Å². The first-order valence-corrected chi connectivity index (χ1v) is 6.92. The molecule has 1 aliphatic rings. The Bertz CT molecular complexity index is 489. The maximum absolute atomic E-state index is 13.8. The standard InChI is InChI=1S/C15H21FN2O2/c1-10(2)15(8-19)17-7-14-12(16)3-4-13(18-14)11-5-6-20-9-11/h3-4,9-10,15,17,19H,5-8H2,1-2H3/t15-/m0/s1. The third-order valence-electron chi connectivity index (χ3n) is 3.50. The van der Waals surface area contributed by atoms with E-state index < -0.39 is 0 Å². The monoisotopic (exact) mass is 280 g/mol. The second-order valence-electron chi connectivity index (χ2n) is 5.30. The lowest BCUT2D eigenvalue weighted by atomic mass is 10.1. The van der Waals surface area contributed by atoms with Crippen LogP contribution in [0.4, 0.5) is 4.39 Å². The summed E-state index contributed by atoms with van der Waals surface area (Å²) in [6, 6.07) is 3.04.